The van der Waals surface area contributed by atoms with Crippen LogP contribution in [0, 0.1) is 0 Å². The summed E-state index contributed by atoms with van der Waals surface area (Å²) in [7, 11) is 0. The zero-order chi connectivity index (χ0) is 18.5. The minimum Gasteiger partial charge on any atom is -0.333 e. The highest BCUT2D eigenvalue weighted by Gasteiger charge is 2.19. The van der Waals surface area contributed by atoms with E-state index < -0.39 is 0 Å². The molecule has 0 aliphatic carbocycles. The molecule has 0 radical (unpaired) electrons. The number of halogens is 1. The Balaban J connectivity index is 1.43. The molecule has 0 N–H and O–H groups in total. The van der Waals surface area contributed by atoms with Gasteiger partial charge in [-0.15, -0.1) is 0 Å². The van der Waals surface area contributed by atoms with Crippen LogP contribution in [-0.4, -0.2) is 64.4 Å². The van der Waals surface area contributed by atoms with E-state index in [1.807, 2.05) is 6.20 Å². The first kappa shape index (κ1) is 19.1. The number of carbonyl (C=O) groups is 1. The minimum atomic E-state index is 0.162. The van der Waals surface area contributed by atoms with E-state index >= 15 is 0 Å². The highest BCUT2D eigenvalue weighted by atomic mass is 35.5. The summed E-state index contributed by atoms with van der Waals surface area (Å²) in [6, 6.07) is 7.15. The summed E-state index contributed by atoms with van der Waals surface area (Å²) in [4.78, 5) is 21.5. The molecule has 6 heteroatoms. The maximum atomic E-state index is 12.4. The lowest BCUT2D eigenvalue weighted by Gasteiger charge is -2.34. The van der Waals surface area contributed by atoms with Gasteiger partial charge in [-0.2, -0.15) is 0 Å². The normalized spacial score (nSPS) is 16.3. The van der Waals surface area contributed by atoms with Gasteiger partial charge in [0, 0.05) is 68.2 Å². The van der Waals surface area contributed by atoms with Crippen molar-refractivity contribution in [2.24, 2.45) is 0 Å². The highest BCUT2D eigenvalue weighted by molar-refractivity contribution is 6.30. The van der Waals surface area contributed by atoms with Crippen LogP contribution in [0.2, 0.25) is 5.02 Å². The second kappa shape index (κ2) is 8.80. The van der Waals surface area contributed by atoms with Gasteiger partial charge < -0.3 is 4.57 Å². The maximum Gasteiger partial charge on any atom is 0.176 e. The van der Waals surface area contributed by atoms with E-state index in [1.54, 1.807) is 24.3 Å². The lowest BCUT2D eigenvalue weighted by Crippen LogP contribution is -2.48. The Bertz CT molecular complexity index is 718. The van der Waals surface area contributed by atoms with E-state index in [2.05, 4.69) is 39.4 Å². The van der Waals surface area contributed by atoms with E-state index in [-0.39, 0.29) is 5.78 Å². The predicted octanol–water partition coefficient (Wildman–Crippen LogP) is 3.16. The molecule has 2 heterocycles. The molecule has 1 aromatic carbocycles. The van der Waals surface area contributed by atoms with Gasteiger partial charge in [0.1, 0.15) is 5.82 Å². The van der Waals surface area contributed by atoms with E-state index in [0.717, 1.165) is 50.7 Å². The maximum absolute atomic E-state index is 12.4. The van der Waals surface area contributed by atoms with Crippen LogP contribution in [0.5, 0.6) is 0 Å². The molecular weight excluding hydrogens is 348 g/mol. The molecule has 26 heavy (non-hydrogen) atoms. The van der Waals surface area contributed by atoms with Gasteiger partial charge in [0.2, 0.25) is 0 Å². The van der Waals surface area contributed by atoms with Crippen LogP contribution < -0.4 is 0 Å². The number of imidazole rings is 1. The van der Waals surface area contributed by atoms with Crippen LogP contribution in [0.1, 0.15) is 35.9 Å². The molecule has 1 aliphatic heterocycles. The zero-order valence-corrected chi connectivity index (χ0v) is 16.3. The van der Waals surface area contributed by atoms with Gasteiger partial charge in [-0.1, -0.05) is 25.4 Å². The molecule has 0 atom stereocenters. The average Bonchev–Trinajstić information content (AvgIpc) is 3.10. The number of carbonyl (C=O) groups excluding carboxylic acids is 1. The quantitative estimate of drug-likeness (QED) is 0.698. The number of piperazine rings is 1. The Morgan fingerprint density at radius 1 is 1.08 bits per heavy atom. The summed E-state index contributed by atoms with van der Waals surface area (Å²) < 4.78 is 2.25. The Kier molecular flexibility index (Phi) is 6.46. The molecule has 0 amide bonds. The van der Waals surface area contributed by atoms with Crippen molar-refractivity contribution < 1.29 is 4.79 Å². The predicted molar refractivity (Wildman–Crippen MR) is 105 cm³/mol. The van der Waals surface area contributed by atoms with Crippen molar-refractivity contribution in [3.8, 4) is 0 Å². The molecule has 1 aromatic heterocycles. The van der Waals surface area contributed by atoms with Gasteiger partial charge in [0.25, 0.3) is 0 Å². The first-order valence-corrected chi connectivity index (χ1v) is 9.65. The van der Waals surface area contributed by atoms with Crippen molar-refractivity contribution >= 4 is 17.4 Å². The lowest BCUT2D eigenvalue weighted by atomic mass is 10.1. The molecule has 0 bridgehead atoms. The van der Waals surface area contributed by atoms with E-state index in [0.29, 0.717) is 17.5 Å². The number of benzene rings is 1. The third kappa shape index (κ3) is 4.93. The molecule has 1 fully saturated rings. The lowest BCUT2D eigenvalue weighted by molar-refractivity contribution is 0.0848. The molecule has 2 aromatic rings. The van der Waals surface area contributed by atoms with Crippen LogP contribution in [0.25, 0.3) is 0 Å². The number of rotatable bonds is 7. The number of hydrogen-bond acceptors (Lipinski definition) is 4. The molecule has 3 rings (SSSR count). The van der Waals surface area contributed by atoms with Gasteiger partial charge in [0.15, 0.2) is 5.78 Å². The van der Waals surface area contributed by atoms with Gasteiger partial charge in [-0.3, -0.25) is 14.6 Å². The van der Waals surface area contributed by atoms with Gasteiger partial charge >= 0.3 is 0 Å². The van der Waals surface area contributed by atoms with Crippen molar-refractivity contribution in [2.45, 2.75) is 26.3 Å². The standard InChI is InChI=1S/C20H27ClN4O/c1-16(2)20-22-7-8-25(20)14-13-23-9-11-24(12-10-23)15-19(26)17-3-5-18(21)6-4-17/h3-8,16H,9-15H2,1-2H3. The van der Waals surface area contributed by atoms with Crippen LogP contribution >= 0.6 is 11.6 Å². The summed E-state index contributed by atoms with van der Waals surface area (Å²) in [5, 5.41) is 0.661. The van der Waals surface area contributed by atoms with Crippen LogP contribution in [-0.2, 0) is 6.54 Å². The highest BCUT2D eigenvalue weighted by Crippen LogP contribution is 2.13. The first-order valence-electron chi connectivity index (χ1n) is 9.27. The minimum absolute atomic E-state index is 0.162. The molecule has 0 spiro atoms. The topological polar surface area (TPSA) is 41.4 Å². The van der Waals surface area contributed by atoms with Gasteiger partial charge in [0.05, 0.1) is 6.54 Å². The molecule has 5 nitrogen and oxygen atoms in total. The van der Waals surface area contributed by atoms with Crippen molar-refractivity contribution in [3.63, 3.8) is 0 Å². The Hall–Kier alpha value is -1.69. The Morgan fingerprint density at radius 2 is 1.73 bits per heavy atom. The first-order chi connectivity index (χ1) is 12.5. The number of hydrogen-bond donors (Lipinski definition) is 0. The van der Waals surface area contributed by atoms with Crippen molar-refractivity contribution in [3.05, 3.63) is 53.1 Å². The monoisotopic (exact) mass is 374 g/mol. The van der Waals surface area contributed by atoms with E-state index in [4.69, 9.17) is 11.6 Å². The fraction of sp³-hybridized carbons (Fsp3) is 0.500. The molecule has 0 saturated carbocycles. The van der Waals surface area contributed by atoms with E-state index in [9.17, 15) is 4.79 Å². The third-order valence-electron chi connectivity index (χ3n) is 4.92. The summed E-state index contributed by atoms with van der Waals surface area (Å²) >= 11 is 5.89. The Morgan fingerprint density at radius 3 is 2.38 bits per heavy atom. The molecular formula is C20H27ClN4O. The number of aromatic nitrogens is 2. The van der Waals surface area contributed by atoms with Crippen molar-refractivity contribution in [1.82, 2.24) is 19.4 Å². The summed E-state index contributed by atoms with van der Waals surface area (Å²) in [6.07, 6.45) is 3.95. The second-order valence-electron chi connectivity index (χ2n) is 7.18. The Labute approximate surface area is 160 Å². The fourth-order valence-corrected chi connectivity index (χ4v) is 3.49. The average molecular weight is 375 g/mol. The smallest absolute Gasteiger partial charge is 0.176 e. The molecule has 1 aliphatic rings. The van der Waals surface area contributed by atoms with E-state index in [1.165, 1.54) is 0 Å². The molecule has 140 valence electrons. The molecule has 1 saturated heterocycles. The van der Waals surface area contributed by atoms with Crippen molar-refractivity contribution in [1.29, 1.82) is 0 Å². The summed E-state index contributed by atoms with van der Waals surface area (Å²) in [5.41, 5.74) is 0.734. The number of ketones is 1. The largest absolute Gasteiger partial charge is 0.333 e. The van der Waals surface area contributed by atoms with Gasteiger partial charge in [-0.05, 0) is 24.3 Å². The van der Waals surface area contributed by atoms with Crippen LogP contribution in [0.3, 0.4) is 0 Å². The number of nitrogens with zero attached hydrogens (tertiary/aromatic N) is 4. The fourth-order valence-electron chi connectivity index (χ4n) is 3.36. The molecule has 0 unspecified atom stereocenters. The SMILES string of the molecule is CC(C)c1nccn1CCN1CCN(CC(=O)c2ccc(Cl)cc2)CC1. The summed E-state index contributed by atoms with van der Waals surface area (Å²) in [5.74, 6) is 1.76. The van der Waals surface area contributed by atoms with Crippen LogP contribution in [0.15, 0.2) is 36.7 Å². The van der Waals surface area contributed by atoms with Gasteiger partial charge in [-0.25, -0.2) is 4.98 Å². The zero-order valence-electron chi connectivity index (χ0n) is 15.6. The van der Waals surface area contributed by atoms with Crippen LogP contribution in [0.4, 0.5) is 0 Å². The third-order valence-corrected chi connectivity index (χ3v) is 5.17. The summed E-state index contributed by atoms with van der Waals surface area (Å²) in [6.45, 7) is 10.7. The second-order valence-corrected chi connectivity index (χ2v) is 7.62. The number of Topliss-reactive ketones (excluding diaryl/α,β-unsaturated/α-hetero) is 1. The van der Waals surface area contributed by atoms with Crippen molar-refractivity contribution in [2.75, 3.05) is 39.3 Å².